The minimum Gasteiger partial charge on any atom is -0.345 e. The van der Waals surface area contributed by atoms with Crippen LogP contribution >= 0.6 is 34.5 Å². The van der Waals surface area contributed by atoms with Crippen molar-refractivity contribution in [3.05, 3.63) is 40.0 Å². The molecule has 5 heteroatoms. The van der Waals surface area contributed by atoms with Crippen LogP contribution in [0.4, 0.5) is 10.7 Å². The number of hydrogen-bond acceptors (Lipinski definition) is 3. The van der Waals surface area contributed by atoms with Gasteiger partial charge in [-0.1, -0.05) is 23.2 Å². The molecule has 2 rings (SSSR count). The third-order valence-corrected chi connectivity index (χ3v) is 2.84. The van der Waals surface area contributed by atoms with Crippen LogP contribution in [0.2, 0.25) is 9.36 Å². The topological polar surface area (TPSA) is 24.9 Å². The Balaban J connectivity index is 2.18. The van der Waals surface area contributed by atoms with Gasteiger partial charge in [0.25, 0.3) is 0 Å². The van der Waals surface area contributed by atoms with Gasteiger partial charge in [-0.15, -0.1) is 11.3 Å². The van der Waals surface area contributed by atoms with E-state index in [1.54, 1.807) is 6.07 Å². The molecule has 2 nitrogen and oxygen atoms in total. The van der Waals surface area contributed by atoms with Gasteiger partial charge in [0.2, 0.25) is 0 Å². The molecule has 14 heavy (non-hydrogen) atoms. The fourth-order valence-corrected chi connectivity index (χ4v) is 2.06. The quantitative estimate of drug-likeness (QED) is 0.863. The Labute approximate surface area is 95.5 Å². The number of aromatic nitrogens is 1. The standard InChI is InChI=1S/C9H5Cl2N2S/c10-6-3-7(5-12-4-6)13-9-2-1-8(11)14-9/h1-4,13H. The first-order valence-electron chi connectivity index (χ1n) is 3.79. The maximum atomic E-state index is 5.78. The highest BCUT2D eigenvalue weighted by Gasteiger charge is 1.99. The summed E-state index contributed by atoms with van der Waals surface area (Å²) in [5, 5.41) is 4.61. The smallest absolute Gasteiger partial charge is 0.114 e. The molecule has 71 valence electrons. The predicted molar refractivity (Wildman–Crippen MR) is 60.7 cm³/mol. The summed E-state index contributed by atoms with van der Waals surface area (Å²) in [6, 6.07) is 5.47. The van der Waals surface area contributed by atoms with Crippen molar-refractivity contribution >= 4 is 45.2 Å². The first-order chi connectivity index (χ1) is 6.74. The fraction of sp³-hybridized carbons (Fsp3) is 0. The summed E-state index contributed by atoms with van der Waals surface area (Å²) in [6.45, 7) is 0. The molecule has 2 aromatic rings. The molecule has 0 bridgehead atoms. The average molecular weight is 244 g/mol. The third kappa shape index (κ3) is 2.38. The van der Waals surface area contributed by atoms with Crippen LogP contribution in [0.3, 0.4) is 0 Å². The van der Waals surface area contributed by atoms with Crippen LogP contribution in [0.5, 0.6) is 0 Å². The Kier molecular flexibility index (Phi) is 2.91. The number of nitrogens with zero attached hydrogens (tertiary/aromatic N) is 1. The van der Waals surface area contributed by atoms with E-state index < -0.39 is 0 Å². The lowest BCUT2D eigenvalue weighted by atomic mass is 10.4. The lowest BCUT2D eigenvalue weighted by molar-refractivity contribution is 1.31. The zero-order chi connectivity index (χ0) is 9.97. The van der Waals surface area contributed by atoms with Crippen LogP contribution < -0.4 is 5.32 Å². The molecule has 0 saturated carbocycles. The van der Waals surface area contributed by atoms with Crippen LogP contribution in [0.15, 0.2) is 24.4 Å². The Morgan fingerprint density at radius 3 is 2.86 bits per heavy atom. The monoisotopic (exact) mass is 243 g/mol. The zero-order valence-electron chi connectivity index (χ0n) is 6.92. The molecule has 2 heterocycles. The molecule has 0 aliphatic carbocycles. The van der Waals surface area contributed by atoms with E-state index in [2.05, 4.69) is 16.5 Å². The van der Waals surface area contributed by atoms with E-state index in [1.807, 2.05) is 12.1 Å². The molecule has 0 fully saturated rings. The van der Waals surface area contributed by atoms with Crippen LogP contribution in [0, 0.1) is 6.20 Å². The molecule has 1 radical (unpaired) electrons. The van der Waals surface area contributed by atoms with Crippen molar-refractivity contribution in [1.29, 1.82) is 0 Å². The molecule has 0 spiro atoms. The largest absolute Gasteiger partial charge is 0.345 e. The van der Waals surface area contributed by atoms with E-state index in [0.717, 1.165) is 15.0 Å². The third-order valence-electron chi connectivity index (χ3n) is 1.49. The number of thiophene rings is 1. The van der Waals surface area contributed by atoms with Crippen molar-refractivity contribution in [2.45, 2.75) is 0 Å². The molecule has 0 unspecified atom stereocenters. The Morgan fingerprint density at radius 2 is 2.21 bits per heavy atom. The predicted octanol–water partition coefficient (Wildman–Crippen LogP) is 3.99. The van der Waals surface area contributed by atoms with Crippen molar-refractivity contribution in [3.63, 3.8) is 0 Å². The SMILES string of the molecule is Clc1cn[c]c(Nc2ccc(Cl)s2)c1. The van der Waals surface area contributed by atoms with Crippen LogP contribution in [0.25, 0.3) is 0 Å². The minimum atomic E-state index is 0.578. The summed E-state index contributed by atoms with van der Waals surface area (Å²) in [4.78, 5) is 3.84. The summed E-state index contributed by atoms with van der Waals surface area (Å²) in [6.07, 6.45) is 4.32. The van der Waals surface area contributed by atoms with Crippen molar-refractivity contribution < 1.29 is 0 Å². The van der Waals surface area contributed by atoms with Crippen LogP contribution in [-0.4, -0.2) is 4.98 Å². The maximum absolute atomic E-state index is 5.78. The molecule has 0 aromatic carbocycles. The highest BCUT2D eigenvalue weighted by Crippen LogP contribution is 2.28. The molecule has 0 atom stereocenters. The van der Waals surface area contributed by atoms with Gasteiger partial charge in [0.05, 0.1) is 20.0 Å². The minimum absolute atomic E-state index is 0.578. The second kappa shape index (κ2) is 4.17. The van der Waals surface area contributed by atoms with Crippen LogP contribution in [-0.2, 0) is 0 Å². The van der Waals surface area contributed by atoms with Crippen molar-refractivity contribution in [1.82, 2.24) is 4.98 Å². The Hall–Kier alpha value is -0.770. The van der Waals surface area contributed by atoms with Gasteiger partial charge in [0.1, 0.15) is 6.20 Å². The van der Waals surface area contributed by atoms with E-state index in [0.29, 0.717) is 5.02 Å². The van der Waals surface area contributed by atoms with E-state index >= 15 is 0 Å². The number of hydrogen-bond donors (Lipinski definition) is 1. The van der Waals surface area contributed by atoms with Gasteiger partial charge < -0.3 is 5.32 Å². The molecule has 1 N–H and O–H groups in total. The summed E-state index contributed by atoms with van der Waals surface area (Å²) >= 11 is 13.0. The molecule has 2 aromatic heterocycles. The fourth-order valence-electron chi connectivity index (χ4n) is 0.949. The molecular weight excluding hydrogens is 239 g/mol. The van der Waals surface area contributed by atoms with Gasteiger partial charge in [0, 0.05) is 6.20 Å². The number of nitrogens with one attached hydrogen (secondary N) is 1. The highest BCUT2D eigenvalue weighted by atomic mass is 35.5. The first-order valence-corrected chi connectivity index (χ1v) is 5.37. The van der Waals surface area contributed by atoms with Crippen molar-refractivity contribution in [3.8, 4) is 0 Å². The van der Waals surface area contributed by atoms with E-state index in [4.69, 9.17) is 23.2 Å². The zero-order valence-corrected chi connectivity index (χ0v) is 9.25. The van der Waals surface area contributed by atoms with Gasteiger partial charge in [0.15, 0.2) is 0 Å². The normalized spacial score (nSPS) is 10.1. The number of pyridine rings is 1. The van der Waals surface area contributed by atoms with Gasteiger partial charge in [-0.3, -0.25) is 4.98 Å². The number of halogens is 2. The van der Waals surface area contributed by atoms with Crippen LogP contribution in [0.1, 0.15) is 0 Å². The first kappa shape index (κ1) is 9.77. The van der Waals surface area contributed by atoms with Crippen molar-refractivity contribution in [2.75, 3.05) is 5.32 Å². The lowest BCUT2D eigenvalue weighted by Gasteiger charge is -2.01. The summed E-state index contributed by atoms with van der Waals surface area (Å²) < 4.78 is 0.738. The lowest BCUT2D eigenvalue weighted by Crippen LogP contribution is -1.87. The summed E-state index contributed by atoms with van der Waals surface area (Å²) in [5.41, 5.74) is 0.732. The van der Waals surface area contributed by atoms with Gasteiger partial charge in [-0.2, -0.15) is 0 Å². The second-order valence-corrected chi connectivity index (χ2v) is 4.69. The van der Waals surface area contributed by atoms with Gasteiger partial charge in [-0.05, 0) is 18.2 Å². The van der Waals surface area contributed by atoms with Gasteiger partial charge >= 0.3 is 0 Å². The van der Waals surface area contributed by atoms with Gasteiger partial charge in [-0.25, -0.2) is 0 Å². The summed E-state index contributed by atoms with van der Waals surface area (Å²) in [7, 11) is 0. The van der Waals surface area contributed by atoms with E-state index in [-0.39, 0.29) is 0 Å². The second-order valence-electron chi connectivity index (χ2n) is 2.54. The summed E-state index contributed by atoms with van der Waals surface area (Å²) in [5.74, 6) is 0. The number of anilines is 2. The van der Waals surface area contributed by atoms with E-state index in [9.17, 15) is 0 Å². The molecule has 0 aliphatic heterocycles. The Morgan fingerprint density at radius 1 is 1.36 bits per heavy atom. The number of rotatable bonds is 2. The Bertz CT molecular complexity index is 442. The maximum Gasteiger partial charge on any atom is 0.114 e. The molecular formula is C9H5Cl2N2S. The molecule has 0 saturated heterocycles. The molecule has 0 aliphatic rings. The van der Waals surface area contributed by atoms with Crippen molar-refractivity contribution in [2.24, 2.45) is 0 Å². The molecule has 0 amide bonds. The highest BCUT2D eigenvalue weighted by molar-refractivity contribution is 7.19. The van der Waals surface area contributed by atoms with E-state index in [1.165, 1.54) is 17.5 Å². The average Bonchev–Trinajstić information content (AvgIpc) is 2.51.